The SMILES string of the molecule is Cc1nn(C)c(OC2CCCC2)c1C=NOCC=CC#CC(C)(C)C. The van der Waals surface area contributed by atoms with Gasteiger partial charge in [-0.15, -0.1) is 0 Å². The van der Waals surface area contributed by atoms with Gasteiger partial charge in [0.05, 0.1) is 17.5 Å². The highest BCUT2D eigenvalue weighted by Crippen LogP contribution is 2.27. The molecule has 0 bridgehead atoms. The Morgan fingerprint density at radius 2 is 2.04 bits per heavy atom. The lowest BCUT2D eigenvalue weighted by Gasteiger charge is -2.13. The van der Waals surface area contributed by atoms with Crippen molar-refractivity contribution < 1.29 is 9.57 Å². The molecule has 1 aromatic heterocycles. The van der Waals surface area contributed by atoms with Crippen LogP contribution in [0.15, 0.2) is 17.3 Å². The van der Waals surface area contributed by atoms with Gasteiger partial charge >= 0.3 is 0 Å². The molecule has 5 heteroatoms. The van der Waals surface area contributed by atoms with E-state index in [1.54, 1.807) is 17.0 Å². The van der Waals surface area contributed by atoms with E-state index in [2.05, 4.69) is 42.9 Å². The molecular formula is C20H29N3O2. The van der Waals surface area contributed by atoms with E-state index in [0.29, 0.717) is 6.61 Å². The third-order valence-electron chi connectivity index (χ3n) is 3.87. The fourth-order valence-corrected chi connectivity index (χ4v) is 2.65. The molecule has 25 heavy (non-hydrogen) atoms. The maximum absolute atomic E-state index is 6.12. The molecule has 0 radical (unpaired) electrons. The summed E-state index contributed by atoms with van der Waals surface area (Å²) in [5, 5.41) is 8.47. The van der Waals surface area contributed by atoms with E-state index in [4.69, 9.17) is 9.57 Å². The maximum Gasteiger partial charge on any atom is 0.221 e. The molecule has 1 fully saturated rings. The number of hydrogen-bond acceptors (Lipinski definition) is 4. The second-order valence-corrected chi connectivity index (χ2v) is 7.40. The van der Waals surface area contributed by atoms with Gasteiger partial charge in [-0.25, -0.2) is 4.68 Å². The van der Waals surface area contributed by atoms with Crippen LogP contribution in [0.4, 0.5) is 0 Å². The number of rotatable bonds is 6. The third-order valence-corrected chi connectivity index (χ3v) is 3.87. The number of aryl methyl sites for hydroxylation is 2. The van der Waals surface area contributed by atoms with E-state index < -0.39 is 0 Å². The average molecular weight is 343 g/mol. The topological polar surface area (TPSA) is 48.6 Å². The predicted octanol–water partition coefficient (Wildman–Crippen LogP) is 4.01. The van der Waals surface area contributed by atoms with Gasteiger partial charge in [-0.3, -0.25) is 0 Å². The Bertz CT molecular complexity index is 678. The quantitative estimate of drug-likeness (QED) is 0.339. The molecule has 0 unspecified atom stereocenters. The van der Waals surface area contributed by atoms with Crippen molar-refractivity contribution in [2.45, 2.75) is 59.5 Å². The van der Waals surface area contributed by atoms with Crippen molar-refractivity contribution in [3.05, 3.63) is 23.4 Å². The van der Waals surface area contributed by atoms with E-state index >= 15 is 0 Å². The Hall–Kier alpha value is -2.22. The van der Waals surface area contributed by atoms with Gasteiger partial charge in [-0.1, -0.05) is 17.0 Å². The molecule has 1 aliphatic carbocycles. The van der Waals surface area contributed by atoms with Gasteiger partial charge in [0.1, 0.15) is 12.7 Å². The number of allylic oxidation sites excluding steroid dienone is 1. The normalized spacial score (nSPS) is 15.7. The summed E-state index contributed by atoms with van der Waals surface area (Å²) >= 11 is 0. The number of hydrogen-bond donors (Lipinski definition) is 0. The van der Waals surface area contributed by atoms with Crippen LogP contribution >= 0.6 is 0 Å². The van der Waals surface area contributed by atoms with Crippen molar-refractivity contribution in [3.8, 4) is 17.7 Å². The van der Waals surface area contributed by atoms with Gasteiger partial charge in [0.2, 0.25) is 5.88 Å². The van der Waals surface area contributed by atoms with Gasteiger partial charge in [-0.05, 0) is 65.5 Å². The summed E-state index contributed by atoms with van der Waals surface area (Å²) in [6.07, 6.45) is 10.3. The second kappa shape index (κ2) is 8.75. The minimum atomic E-state index is 0.0108. The van der Waals surface area contributed by atoms with E-state index in [-0.39, 0.29) is 11.5 Å². The van der Waals surface area contributed by atoms with Crippen LogP contribution in [0.2, 0.25) is 0 Å². The molecule has 136 valence electrons. The third kappa shape index (κ3) is 6.30. The summed E-state index contributed by atoms with van der Waals surface area (Å²) in [5.74, 6) is 6.90. The summed E-state index contributed by atoms with van der Waals surface area (Å²) in [7, 11) is 1.89. The number of aromatic nitrogens is 2. The first kappa shape index (κ1) is 19.1. The second-order valence-electron chi connectivity index (χ2n) is 7.40. The van der Waals surface area contributed by atoms with Crippen molar-refractivity contribution in [2.75, 3.05) is 6.61 Å². The Morgan fingerprint density at radius 3 is 2.72 bits per heavy atom. The van der Waals surface area contributed by atoms with Gasteiger partial charge in [0, 0.05) is 12.5 Å². The van der Waals surface area contributed by atoms with Crippen molar-refractivity contribution in [3.63, 3.8) is 0 Å². The first-order valence-corrected chi connectivity index (χ1v) is 8.90. The molecule has 0 aliphatic heterocycles. The summed E-state index contributed by atoms with van der Waals surface area (Å²) in [6.45, 7) is 8.57. The Labute approximate surface area is 151 Å². The largest absolute Gasteiger partial charge is 0.474 e. The van der Waals surface area contributed by atoms with Crippen LogP contribution in [0.3, 0.4) is 0 Å². The van der Waals surface area contributed by atoms with E-state index in [1.807, 2.05) is 20.0 Å². The number of oxime groups is 1. The fourth-order valence-electron chi connectivity index (χ4n) is 2.65. The molecule has 0 spiro atoms. The first-order chi connectivity index (χ1) is 11.9. The van der Waals surface area contributed by atoms with Crippen LogP contribution in [-0.4, -0.2) is 28.7 Å². The minimum Gasteiger partial charge on any atom is -0.474 e. The van der Waals surface area contributed by atoms with Crippen LogP contribution in [0.5, 0.6) is 5.88 Å². The van der Waals surface area contributed by atoms with Gasteiger partial charge in [-0.2, -0.15) is 5.10 Å². The van der Waals surface area contributed by atoms with Crippen LogP contribution in [0, 0.1) is 24.2 Å². The lowest BCUT2D eigenvalue weighted by molar-refractivity contribution is 0.175. The fraction of sp³-hybridized carbons (Fsp3) is 0.600. The van der Waals surface area contributed by atoms with Crippen LogP contribution in [-0.2, 0) is 11.9 Å². The zero-order valence-electron chi connectivity index (χ0n) is 16.0. The molecule has 2 rings (SSSR count). The van der Waals surface area contributed by atoms with Crippen molar-refractivity contribution >= 4 is 6.21 Å². The molecule has 1 saturated carbocycles. The molecule has 1 aromatic rings. The molecular weight excluding hydrogens is 314 g/mol. The summed E-state index contributed by atoms with van der Waals surface area (Å²) in [5.41, 5.74) is 1.78. The van der Waals surface area contributed by atoms with Crippen molar-refractivity contribution in [1.82, 2.24) is 9.78 Å². The highest BCUT2D eigenvalue weighted by Gasteiger charge is 2.21. The van der Waals surface area contributed by atoms with Crippen LogP contribution < -0.4 is 4.74 Å². The highest BCUT2D eigenvalue weighted by atomic mass is 16.6. The predicted molar refractivity (Wildman–Crippen MR) is 101 cm³/mol. The van der Waals surface area contributed by atoms with Gasteiger partial charge in [0.15, 0.2) is 0 Å². The zero-order valence-corrected chi connectivity index (χ0v) is 16.0. The Morgan fingerprint density at radius 1 is 1.32 bits per heavy atom. The van der Waals surface area contributed by atoms with Crippen LogP contribution in [0.1, 0.15) is 57.7 Å². The smallest absolute Gasteiger partial charge is 0.221 e. The lowest BCUT2D eigenvalue weighted by Crippen LogP contribution is -2.14. The maximum atomic E-state index is 6.12. The standard InChI is InChI=1S/C20H29N3O2/c1-16-18(15-21-24-14-10-6-9-13-20(2,3)4)19(23(5)22-16)25-17-11-7-8-12-17/h6,10,15,17H,7-8,11-12,14H2,1-5H3. The molecule has 0 N–H and O–H groups in total. The van der Waals surface area contributed by atoms with E-state index in [9.17, 15) is 0 Å². The highest BCUT2D eigenvalue weighted by molar-refractivity contribution is 5.83. The minimum absolute atomic E-state index is 0.0108. The molecule has 1 heterocycles. The first-order valence-electron chi connectivity index (χ1n) is 8.90. The molecule has 0 amide bonds. The monoisotopic (exact) mass is 343 g/mol. The average Bonchev–Trinajstić information content (AvgIpc) is 3.11. The number of nitrogens with zero attached hydrogens (tertiary/aromatic N) is 3. The molecule has 0 atom stereocenters. The molecule has 1 aliphatic rings. The molecule has 5 nitrogen and oxygen atoms in total. The lowest BCUT2D eigenvalue weighted by atomic mass is 9.98. The van der Waals surface area contributed by atoms with Crippen molar-refractivity contribution in [2.24, 2.45) is 17.6 Å². The summed E-state index contributed by atoms with van der Waals surface area (Å²) in [4.78, 5) is 5.28. The van der Waals surface area contributed by atoms with Gasteiger partial charge in [0.25, 0.3) is 0 Å². The molecule has 0 aromatic carbocycles. The molecule has 0 saturated heterocycles. The Balaban J connectivity index is 1.89. The summed E-state index contributed by atoms with van der Waals surface area (Å²) in [6, 6.07) is 0. The zero-order chi connectivity index (χ0) is 18.3. The summed E-state index contributed by atoms with van der Waals surface area (Å²) < 4.78 is 7.90. The van der Waals surface area contributed by atoms with E-state index in [0.717, 1.165) is 30.0 Å². The number of ether oxygens (including phenoxy) is 1. The van der Waals surface area contributed by atoms with Gasteiger partial charge < -0.3 is 9.57 Å². The van der Waals surface area contributed by atoms with E-state index in [1.165, 1.54) is 12.8 Å². The van der Waals surface area contributed by atoms with Crippen molar-refractivity contribution in [1.29, 1.82) is 0 Å². The van der Waals surface area contributed by atoms with Crippen LogP contribution in [0.25, 0.3) is 0 Å². The Kier molecular flexibility index (Phi) is 6.69.